The molecule has 16 heavy (non-hydrogen) atoms. The highest BCUT2D eigenvalue weighted by Crippen LogP contribution is 2.48. The van der Waals surface area contributed by atoms with Crippen LogP contribution in [0, 0.1) is 11.3 Å². The summed E-state index contributed by atoms with van der Waals surface area (Å²) >= 11 is 0. The number of esters is 2. The number of allylic oxidation sites excluding steroid dienone is 1. The molecule has 1 heterocycles. The average molecular weight is 222 g/mol. The SMILES string of the molecule is C=C(C(=O)O)C12C=CCCC1C(=O)OC2=O. The predicted octanol–water partition coefficient (Wildman–Crippen LogP) is 0.663. The lowest BCUT2D eigenvalue weighted by Crippen LogP contribution is -2.38. The van der Waals surface area contributed by atoms with Crippen molar-refractivity contribution in [3.63, 3.8) is 0 Å². The molecule has 0 amide bonds. The Labute approximate surface area is 91.4 Å². The van der Waals surface area contributed by atoms with Gasteiger partial charge in [0.25, 0.3) is 0 Å². The van der Waals surface area contributed by atoms with E-state index in [-0.39, 0.29) is 5.57 Å². The van der Waals surface area contributed by atoms with Gasteiger partial charge in [-0.25, -0.2) is 4.79 Å². The number of carboxylic acids is 1. The minimum absolute atomic E-state index is 0.302. The first kappa shape index (κ1) is 10.6. The van der Waals surface area contributed by atoms with Crippen LogP contribution in [0.4, 0.5) is 0 Å². The van der Waals surface area contributed by atoms with Crippen LogP contribution in [0.15, 0.2) is 24.3 Å². The van der Waals surface area contributed by atoms with E-state index >= 15 is 0 Å². The van der Waals surface area contributed by atoms with Crippen LogP contribution in [-0.2, 0) is 19.1 Å². The molecule has 0 aromatic carbocycles. The zero-order valence-electron chi connectivity index (χ0n) is 8.43. The first-order valence-electron chi connectivity index (χ1n) is 4.86. The third-order valence-corrected chi connectivity index (χ3v) is 3.13. The topological polar surface area (TPSA) is 80.7 Å². The number of carbonyl (C=O) groups excluding carboxylic acids is 2. The quantitative estimate of drug-likeness (QED) is 0.321. The van der Waals surface area contributed by atoms with Gasteiger partial charge in [0.15, 0.2) is 0 Å². The minimum Gasteiger partial charge on any atom is -0.478 e. The van der Waals surface area contributed by atoms with Gasteiger partial charge in [-0.3, -0.25) is 9.59 Å². The number of aliphatic carboxylic acids is 1. The molecule has 84 valence electrons. The fourth-order valence-electron chi connectivity index (χ4n) is 2.25. The molecule has 1 fully saturated rings. The molecule has 1 aliphatic heterocycles. The number of rotatable bonds is 2. The number of fused-ring (bicyclic) bond motifs is 1. The van der Waals surface area contributed by atoms with Crippen LogP contribution in [0.1, 0.15) is 12.8 Å². The molecule has 2 unspecified atom stereocenters. The minimum atomic E-state index is -1.48. The summed E-state index contributed by atoms with van der Waals surface area (Å²) in [4.78, 5) is 34.0. The van der Waals surface area contributed by atoms with E-state index in [1.165, 1.54) is 6.08 Å². The van der Waals surface area contributed by atoms with Crippen molar-refractivity contribution in [2.75, 3.05) is 0 Å². The summed E-state index contributed by atoms with van der Waals surface area (Å²) in [6, 6.07) is 0. The Morgan fingerprint density at radius 1 is 1.56 bits per heavy atom. The Kier molecular flexibility index (Phi) is 2.18. The van der Waals surface area contributed by atoms with Crippen LogP contribution < -0.4 is 0 Å². The summed E-state index contributed by atoms with van der Waals surface area (Å²) in [5.74, 6) is -3.51. The van der Waals surface area contributed by atoms with Gasteiger partial charge in [0.1, 0.15) is 5.41 Å². The van der Waals surface area contributed by atoms with E-state index < -0.39 is 29.2 Å². The Balaban J connectivity index is 2.55. The van der Waals surface area contributed by atoms with E-state index in [0.717, 1.165) is 0 Å². The molecule has 5 heteroatoms. The molecule has 1 saturated heterocycles. The first-order valence-corrected chi connectivity index (χ1v) is 4.86. The third-order valence-electron chi connectivity index (χ3n) is 3.13. The van der Waals surface area contributed by atoms with Crippen LogP contribution in [0.5, 0.6) is 0 Å². The number of cyclic esters (lactones) is 2. The van der Waals surface area contributed by atoms with E-state index in [9.17, 15) is 14.4 Å². The Bertz CT molecular complexity index is 434. The van der Waals surface area contributed by atoms with Crippen LogP contribution in [0.25, 0.3) is 0 Å². The molecule has 5 nitrogen and oxygen atoms in total. The molecule has 0 aromatic rings. The molecule has 0 saturated carbocycles. The maximum atomic E-state index is 11.7. The molecule has 2 rings (SSSR count). The van der Waals surface area contributed by atoms with E-state index in [1.807, 2.05) is 0 Å². The summed E-state index contributed by atoms with van der Waals surface area (Å²) in [5, 5.41) is 8.93. The maximum absolute atomic E-state index is 11.7. The average Bonchev–Trinajstić information content (AvgIpc) is 2.51. The fourth-order valence-corrected chi connectivity index (χ4v) is 2.25. The molecule has 1 N–H and O–H groups in total. The van der Waals surface area contributed by atoms with Crippen LogP contribution >= 0.6 is 0 Å². The van der Waals surface area contributed by atoms with Gasteiger partial charge in [-0.15, -0.1) is 0 Å². The van der Waals surface area contributed by atoms with Crippen molar-refractivity contribution < 1.29 is 24.2 Å². The fraction of sp³-hybridized carbons (Fsp3) is 0.364. The van der Waals surface area contributed by atoms with E-state index in [1.54, 1.807) is 6.08 Å². The highest BCUT2D eigenvalue weighted by molar-refractivity contribution is 6.08. The highest BCUT2D eigenvalue weighted by Gasteiger charge is 2.59. The van der Waals surface area contributed by atoms with Gasteiger partial charge in [-0.05, 0) is 12.8 Å². The zero-order valence-corrected chi connectivity index (χ0v) is 8.43. The Morgan fingerprint density at radius 2 is 2.25 bits per heavy atom. The van der Waals surface area contributed by atoms with Gasteiger partial charge in [-0.1, -0.05) is 18.7 Å². The lowest BCUT2D eigenvalue weighted by atomic mass is 9.67. The molecule has 0 bridgehead atoms. The number of carboxylic acid groups (broad SMARTS) is 1. The summed E-state index contributed by atoms with van der Waals surface area (Å²) in [6.45, 7) is 3.39. The number of hydrogen-bond acceptors (Lipinski definition) is 4. The number of hydrogen-bond donors (Lipinski definition) is 1. The zero-order chi connectivity index (χ0) is 11.9. The van der Waals surface area contributed by atoms with E-state index in [0.29, 0.717) is 12.8 Å². The maximum Gasteiger partial charge on any atom is 0.332 e. The molecule has 0 aromatic heterocycles. The molecular weight excluding hydrogens is 212 g/mol. The number of carbonyl (C=O) groups is 3. The molecule has 0 spiro atoms. The molecule has 2 aliphatic rings. The molecule has 0 radical (unpaired) electrons. The standard InChI is InChI=1S/C11H10O5/c1-6(8(12)13)11-5-3-2-4-7(11)9(14)16-10(11)15/h3,5,7H,1-2,4H2,(H,12,13). The summed E-state index contributed by atoms with van der Waals surface area (Å²) in [5.41, 5.74) is -1.79. The van der Waals surface area contributed by atoms with Gasteiger partial charge in [0.05, 0.1) is 11.5 Å². The summed E-state index contributed by atoms with van der Waals surface area (Å²) in [6.07, 6.45) is 4.16. The van der Waals surface area contributed by atoms with Crippen LogP contribution in [0.2, 0.25) is 0 Å². The Morgan fingerprint density at radius 3 is 2.88 bits per heavy atom. The van der Waals surface area contributed by atoms with E-state index in [4.69, 9.17) is 5.11 Å². The summed E-state index contributed by atoms with van der Waals surface area (Å²) in [7, 11) is 0. The van der Waals surface area contributed by atoms with Gasteiger partial charge in [0, 0.05) is 0 Å². The molecular formula is C11H10O5. The van der Waals surface area contributed by atoms with Crippen LogP contribution in [-0.4, -0.2) is 23.0 Å². The Hall–Kier alpha value is -1.91. The van der Waals surface area contributed by atoms with E-state index in [2.05, 4.69) is 11.3 Å². The van der Waals surface area contributed by atoms with Gasteiger partial charge in [0.2, 0.25) is 0 Å². The second-order valence-electron chi connectivity index (χ2n) is 3.89. The van der Waals surface area contributed by atoms with Crippen molar-refractivity contribution in [1.82, 2.24) is 0 Å². The van der Waals surface area contributed by atoms with Crippen molar-refractivity contribution >= 4 is 17.9 Å². The highest BCUT2D eigenvalue weighted by atomic mass is 16.6. The lowest BCUT2D eigenvalue weighted by molar-refractivity contribution is -0.155. The van der Waals surface area contributed by atoms with Gasteiger partial charge < -0.3 is 9.84 Å². The van der Waals surface area contributed by atoms with Crippen molar-refractivity contribution in [3.8, 4) is 0 Å². The monoisotopic (exact) mass is 222 g/mol. The van der Waals surface area contributed by atoms with Crippen molar-refractivity contribution in [1.29, 1.82) is 0 Å². The van der Waals surface area contributed by atoms with Crippen molar-refractivity contribution in [2.24, 2.45) is 11.3 Å². The largest absolute Gasteiger partial charge is 0.478 e. The predicted molar refractivity (Wildman–Crippen MR) is 52.2 cm³/mol. The lowest BCUT2D eigenvalue weighted by Gasteiger charge is -2.29. The van der Waals surface area contributed by atoms with Crippen molar-refractivity contribution in [3.05, 3.63) is 24.3 Å². The second kappa shape index (κ2) is 3.30. The summed E-state index contributed by atoms with van der Waals surface area (Å²) < 4.78 is 4.53. The number of ether oxygens (including phenoxy) is 1. The van der Waals surface area contributed by atoms with Gasteiger partial charge >= 0.3 is 17.9 Å². The molecule has 1 aliphatic carbocycles. The smallest absolute Gasteiger partial charge is 0.332 e. The second-order valence-corrected chi connectivity index (χ2v) is 3.89. The first-order chi connectivity index (χ1) is 7.50. The third kappa shape index (κ3) is 1.14. The van der Waals surface area contributed by atoms with Crippen LogP contribution in [0.3, 0.4) is 0 Å². The van der Waals surface area contributed by atoms with Gasteiger partial charge in [-0.2, -0.15) is 0 Å². The van der Waals surface area contributed by atoms with Crippen molar-refractivity contribution in [2.45, 2.75) is 12.8 Å². The molecule has 2 atom stereocenters. The normalized spacial score (nSPS) is 32.1.